The summed E-state index contributed by atoms with van der Waals surface area (Å²) in [6, 6.07) is 8.82. The number of ether oxygens (including phenoxy) is 2. The fourth-order valence-electron chi connectivity index (χ4n) is 3.27. The normalized spacial score (nSPS) is 12.5. The molecular weight excluding hydrogens is 445 g/mol. The number of phenolic OH excluding ortho intramolecular Hbond substituents is 1. The van der Waals surface area contributed by atoms with Crippen molar-refractivity contribution in [1.82, 2.24) is 9.38 Å². The minimum atomic E-state index is -4.80. The Morgan fingerprint density at radius 3 is 2.69 bits per heavy atom. The van der Waals surface area contributed by atoms with E-state index in [1.54, 1.807) is 24.3 Å². The van der Waals surface area contributed by atoms with Crippen molar-refractivity contribution in [3.63, 3.8) is 0 Å². The Labute approximate surface area is 183 Å². The molecule has 0 atom stereocenters. The highest BCUT2D eigenvalue weighted by atomic mass is 32.1. The molecule has 4 rings (SSSR count). The van der Waals surface area contributed by atoms with Gasteiger partial charge in [-0.15, -0.1) is 13.2 Å². The van der Waals surface area contributed by atoms with Crippen LogP contribution in [0, 0.1) is 0 Å². The molecular formula is C22H17F3N2O4S. The lowest BCUT2D eigenvalue weighted by molar-refractivity contribution is -0.274. The van der Waals surface area contributed by atoms with Crippen LogP contribution in [0.1, 0.15) is 18.1 Å². The first-order chi connectivity index (χ1) is 15.2. The second-order valence-electron chi connectivity index (χ2n) is 6.85. The van der Waals surface area contributed by atoms with Gasteiger partial charge in [0.25, 0.3) is 5.56 Å². The van der Waals surface area contributed by atoms with Gasteiger partial charge < -0.3 is 14.6 Å². The zero-order chi connectivity index (χ0) is 23.0. The number of phenols is 1. The molecule has 0 aliphatic carbocycles. The van der Waals surface area contributed by atoms with E-state index in [1.807, 2.05) is 6.92 Å². The maximum atomic E-state index is 12.9. The molecule has 0 saturated carbocycles. The van der Waals surface area contributed by atoms with Gasteiger partial charge in [0.2, 0.25) is 0 Å². The van der Waals surface area contributed by atoms with E-state index in [0.717, 1.165) is 11.3 Å². The molecule has 0 unspecified atom stereocenters. The summed E-state index contributed by atoms with van der Waals surface area (Å²) in [6.07, 6.45) is -1.05. The molecule has 0 spiro atoms. The van der Waals surface area contributed by atoms with Crippen LogP contribution in [-0.2, 0) is 6.42 Å². The SMILES string of the molecule is CCc1cc(C=c2sc3nc(-c4cccc(OC(F)(F)F)c4)cn3c2=O)cc(OC)c1O. The average Bonchev–Trinajstić information content (AvgIpc) is 3.27. The molecule has 0 aliphatic rings. The summed E-state index contributed by atoms with van der Waals surface area (Å²) >= 11 is 1.15. The van der Waals surface area contributed by atoms with Gasteiger partial charge in [-0.2, -0.15) is 0 Å². The average molecular weight is 462 g/mol. The standard InChI is InChI=1S/C22H17F3N2O4S/c1-3-13-7-12(8-17(30-2)19(13)28)9-18-20(29)27-11-16(26-21(27)32-18)14-5-4-6-15(10-14)31-22(23,24)25/h4-11,28H,3H2,1-2H3. The van der Waals surface area contributed by atoms with Crippen LogP contribution < -0.4 is 19.6 Å². The highest BCUT2D eigenvalue weighted by Gasteiger charge is 2.31. The number of aromatic nitrogens is 2. The van der Waals surface area contributed by atoms with E-state index in [4.69, 9.17) is 4.74 Å². The molecule has 0 radical (unpaired) electrons. The van der Waals surface area contributed by atoms with Crippen LogP contribution in [0.25, 0.3) is 22.3 Å². The first kappa shape index (κ1) is 21.7. The number of hydrogen-bond acceptors (Lipinski definition) is 6. The summed E-state index contributed by atoms with van der Waals surface area (Å²) < 4.78 is 48.4. The molecule has 0 bridgehead atoms. The van der Waals surface area contributed by atoms with Crippen molar-refractivity contribution in [2.45, 2.75) is 19.7 Å². The van der Waals surface area contributed by atoms with E-state index in [1.165, 1.54) is 35.9 Å². The van der Waals surface area contributed by atoms with Crippen LogP contribution in [0.2, 0.25) is 0 Å². The number of aryl methyl sites for hydroxylation is 1. The number of nitrogens with zero attached hydrogens (tertiary/aromatic N) is 2. The number of fused-ring (bicyclic) bond motifs is 1. The number of halogens is 3. The van der Waals surface area contributed by atoms with Crippen molar-refractivity contribution in [1.29, 1.82) is 0 Å². The van der Waals surface area contributed by atoms with Crippen LogP contribution >= 0.6 is 11.3 Å². The number of thiazole rings is 1. The topological polar surface area (TPSA) is 73.1 Å². The first-order valence-electron chi connectivity index (χ1n) is 9.48. The van der Waals surface area contributed by atoms with Crippen molar-refractivity contribution in [3.05, 3.63) is 68.6 Å². The predicted molar refractivity (Wildman–Crippen MR) is 114 cm³/mol. The van der Waals surface area contributed by atoms with Crippen molar-refractivity contribution in [2.24, 2.45) is 0 Å². The molecule has 32 heavy (non-hydrogen) atoms. The maximum Gasteiger partial charge on any atom is 0.573 e. The highest BCUT2D eigenvalue weighted by Crippen LogP contribution is 2.32. The van der Waals surface area contributed by atoms with E-state index in [-0.39, 0.29) is 17.1 Å². The molecule has 10 heteroatoms. The van der Waals surface area contributed by atoms with Crippen molar-refractivity contribution < 1.29 is 27.8 Å². The Hall–Kier alpha value is -3.53. The van der Waals surface area contributed by atoms with E-state index >= 15 is 0 Å². The fourth-order valence-corrected chi connectivity index (χ4v) is 4.23. The number of rotatable bonds is 5. The van der Waals surface area contributed by atoms with E-state index < -0.39 is 6.36 Å². The van der Waals surface area contributed by atoms with Gasteiger partial charge in [0, 0.05) is 11.8 Å². The Morgan fingerprint density at radius 1 is 1.25 bits per heavy atom. The van der Waals surface area contributed by atoms with Crippen LogP contribution in [0.5, 0.6) is 17.2 Å². The molecule has 4 aromatic rings. The summed E-state index contributed by atoms with van der Waals surface area (Å²) in [6.45, 7) is 1.90. The third-order valence-corrected chi connectivity index (χ3v) is 5.73. The van der Waals surface area contributed by atoms with Gasteiger partial charge in [-0.3, -0.25) is 9.20 Å². The number of alkyl halides is 3. The molecule has 2 heterocycles. The van der Waals surface area contributed by atoms with Crippen LogP contribution in [0.4, 0.5) is 13.2 Å². The number of imidazole rings is 1. The van der Waals surface area contributed by atoms with Gasteiger partial charge in [0.1, 0.15) is 5.75 Å². The summed E-state index contributed by atoms with van der Waals surface area (Å²) in [5.74, 6) is 0.0141. The van der Waals surface area contributed by atoms with E-state index in [0.29, 0.717) is 44.0 Å². The van der Waals surface area contributed by atoms with Crippen molar-refractivity contribution in [2.75, 3.05) is 7.11 Å². The molecule has 0 amide bonds. The van der Waals surface area contributed by atoms with Crippen molar-refractivity contribution in [3.8, 4) is 28.5 Å². The van der Waals surface area contributed by atoms with Crippen molar-refractivity contribution >= 4 is 22.4 Å². The lowest BCUT2D eigenvalue weighted by atomic mass is 10.1. The lowest BCUT2D eigenvalue weighted by Gasteiger charge is -2.09. The first-order valence-corrected chi connectivity index (χ1v) is 10.3. The fraction of sp³-hybridized carbons (Fsp3) is 0.182. The summed E-state index contributed by atoms with van der Waals surface area (Å²) in [7, 11) is 1.45. The largest absolute Gasteiger partial charge is 0.573 e. The van der Waals surface area contributed by atoms with E-state index in [2.05, 4.69) is 9.72 Å². The van der Waals surface area contributed by atoms with Gasteiger partial charge in [-0.05, 0) is 47.9 Å². The van der Waals surface area contributed by atoms with Gasteiger partial charge in [-0.25, -0.2) is 4.98 Å². The van der Waals surface area contributed by atoms with Crippen LogP contribution in [-0.4, -0.2) is 28.0 Å². The quantitative estimate of drug-likeness (QED) is 0.483. The minimum absolute atomic E-state index is 0.0665. The van der Waals surface area contributed by atoms with Gasteiger partial charge in [0.05, 0.1) is 17.3 Å². The van der Waals surface area contributed by atoms with Crippen LogP contribution in [0.15, 0.2) is 47.4 Å². The minimum Gasteiger partial charge on any atom is -0.504 e. The Bertz CT molecular complexity index is 1380. The second kappa shape index (κ2) is 8.19. The Balaban J connectivity index is 1.74. The molecule has 0 fully saturated rings. The molecule has 0 saturated heterocycles. The number of hydrogen-bond donors (Lipinski definition) is 1. The third-order valence-electron chi connectivity index (χ3n) is 4.74. The summed E-state index contributed by atoms with van der Waals surface area (Å²) in [5, 5.41) is 10.2. The highest BCUT2D eigenvalue weighted by molar-refractivity contribution is 7.15. The van der Waals surface area contributed by atoms with Crippen LogP contribution in [0.3, 0.4) is 0 Å². The summed E-state index contributed by atoms with van der Waals surface area (Å²) in [5.41, 5.74) is 1.81. The van der Waals surface area contributed by atoms with Gasteiger partial charge in [-0.1, -0.05) is 30.4 Å². The van der Waals surface area contributed by atoms with Gasteiger partial charge >= 0.3 is 6.36 Å². The van der Waals surface area contributed by atoms with E-state index in [9.17, 15) is 23.1 Å². The Kier molecular flexibility index (Phi) is 5.55. The number of benzene rings is 2. The monoisotopic (exact) mass is 462 g/mol. The zero-order valence-electron chi connectivity index (χ0n) is 16.9. The smallest absolute Gasteiger partial charge is 0.504 e. The number of aromatic hydroxyl groups is 1. The maximum absolute atomic E-state index is 12.9. The predicted octanol–water partition coefficient (Wildman–Crippen LogP) is 4.15. The second-order valence-corrected chi connectivity index (χ2v) is 7.86. The Morgan fingerprint density at radius 2 is 2.03 bits per heavy atom. The molecule has 166 valence electrons. The third kappa shape index (κ3) is 4.26. The molecule has 6 nitrogen and oxygen atoms in total. The molecule has 0 aliphatic heterocycles. The molecule has 1 N–H and O–H groups in total. The summed E-state index contributed by atoms with van der Waals surface area (Å²) in [4.78, 5) is 17.6. The molecule has 2 aromatic heterocycles. The lowest BCUT2D eigenvalue weighted by Crippen LogP contribution is -2.22. The number of methoxy groups -OCH3 is 1. The van der Waals surface area contributed by atoms with Gasteiger partial charge in [0.15, 0.2) is 16.5 Å². The zero-order valence-corrected chi connectivity index (χ0v) is 17.8. The molecule has 2 aromatic carbocycles.